The van der Waals surface area contributed by atoms with Gasteiger partial charge in [-0.3, -0.25) is 9.69 Å². The molecule has 0 heterocycles. The van der Waals surface area contributed by atoms with E-state index in [2.05, 4.69) is 24.2 Å². The van der Waals surface area contributed by atoms with Gasteiger partial charge in [-0.2, -0.15) is 0 Å². The topological polar surface area (TPSA) is 84.4 Å². The van der Waals surface area contributed by atoms with Crippen molar-refractivity contribution >= 4 is 17.3 Å². The lowest BCUT2D eigenvalue weighted by molar-refractivity contribution is 0.100. The lowest BCUT2D eigenvalue weighted by atomic mass is 10.1. The Labute approximate surface area is 118 Å². The van der Waals surface area contributed by atoms with Gasteiger partial charge in [-0.05, 0) is 38.9 Å². The molecule has 110 valence electrons. The van der Waals surface area contributed by atoms with Gasteiger partial charge in [0.05, 0.1) is 11.3 Å². The molecule has 1 aromatic rings. The van der Waals surface area contributed by atoms with E-state index >= 15 is 0 Å². The summed E-state index contributed by atoms with van der Waals surface area (Å²) in [7, 11) is 2.07. The first-order chi connectivity index (χ1) is 9.40. The third kappa shape index (κ3) is 3.19. The summed E-state index contributed by atoms with van der Waals surface area (Å²) in [5.74, 6) is -1.14. The monoisotopic (exact) mass is 280 g/mol. The number of halogens is 1. The number of likely N-dealkylation sites (N-methyl/N-ethyl adjacent to an activating group) is 1. The van der Waals surface area contributed by atoms with Gasteiger partial charge in [-0.1, -0.05) is 0 Å². The first kappa shape index (κ1) is 14.6. The average molecular weight is 280 g/mol. The van der Waals surface area contributed by atoms with Gasteiger partial charge in [0.15, 0.2) is 0 Å². The lowest BCUT2D eigenvalue weighted by Gasteiger charge is -2.25. The minimum atomic E-state index is -0.659. The van der Waals surface area contributed by atoms with E-state index in [1.807, 2.05) is 0 Å². The zero-order chi connectivity index (χ0) is 14.9. The van der Waals surface area contributed by atoms with E-state index in [0.717, 1.165) is 6.07 Å². The molecule has 0 radical (unpaired) electrons. The summed E-state index contributed by atoms with van der Waals surface area (Å²) in [5.41, 5.74) is 11.2. The van der Waals surface area contributed by atoms with E-state index in [0.29, 0.717) is 12.6 Å². The summed E-state index contributed by atoms with van der Waals surface area (Å²) in [4.78, 5) is 13.5. The predicted octanol–water partition coefficient (Wildman–Crippen LogP) is 1.40. The third-order valence-electron chi connectivity index (χ3n) is 3.81. The molecule has 1 atom stereocenters. The fourth-order valence-electron chi connectivity index (χ4n) is 2.18. The first-order valence-corrected chi connectivity index (χ1v) is 6.74. The van der Waals surface area contributed by atoms with E-state index in [1.54, 1.807) is 0 Å². The fraction of sp³-hybridized carbons (Fsp3) is 0.500. The number of hydrogen-bond donors (Lipinski definition) is 3. The number of nitrogen functional groups attached to an aromatic ring is 1. The third-order valence-corrected chi connectivity index (χ3v) is 3.81. The van der Waals surface area contributed by atoms with Crippen LogP contribution < -0.4 is 16.8 Å². The van der Waals surface area contributed by atoms with Crippen molar-refractivity contribution in [2.75, 3.05) is 24.6 Å². The van der Waals surface area contributed by atoms with Crippen LogP contribution in [0.4, 0.5) is 15.8 Å². The number of primary amides is 1. The number of anilines is 2. The van der Waals surface area contributed by atoms with E-state index < -0.39 is 11.7 Å². The van der Waals surface area contributed by atoms with Crippen molar-refractivity contribution in [1.29, 1.82) is 0 Å². The Kier molecular flexibility index (Phi) is 4.13. The number of benzene rings is 1. The Hall–Kier alpha value is -1.82. The highest BCUT2D eigenvalue weighted by molar-refractivity contribution is 5.99. The zero-order valence-electron chi connectivity index (χ0n) is 11.8. The van der Waals surface area contributed by atoms with Crippen LogP contribution in [0.3, 0.4) is 0 Å². The molecule has 20 heavy (non-hydrogen) atoms. The van der Waals surface area contributed by atoms with Crippen LogP contribution in [0.25, 0.3) is 0 Å². The minimum absolute atomic E-state index is 0.0590. The predicted molar refractivity (Wildman–Crippen MR) is 78.1 cm³/mol. The van der Waals surface area contributed by atoms with Gasteiger partial charge in [0.2, 0.25) is 0 Å². The van der Waals surface area contributed by atoms with Crippen molar-refractivity contribution in [2.24, 2.45) is 5.73 Å². The molecule has 1 amide bonds. The van der Waals surface area contributed by atoms with Gasteiger partial charge >= 0.3 is 0 Å². The summed E-state index contributed by atoms with van der Waals surface area (Å²) >= 11 is 0. The van der Waals surface area contributed by atoms with Gasteiger partial charge in [-0.25, -0.2) is 4.39 Å². The van der Waals surface area contributed by atoms with Crippen LogP contribution in [0.2, 0.25) is 0 Å². The highest BCUT2D eigenvalue weighted by Gasteiger charge is 2.29. The standard InChI is InChI=1S/C14H21FN4O/c1-8(19(2)9-3-4-9)7-18-13-5-10(14(17)20)12(16)6-11(13)15/h5-6,8-9,18H,3-4,7,16H2,1-2H3,(H2,17,20). The van der Waals surface area contributed by atoms with Crippen LogP contribution >= 0.6 is 0 Å². The molecule has 1 unspecified atom stereocenters. The summed E-state index contributed by atoms with van der Waals surface area (Å²) in [5, 5.41) is 3.02. The quantitative estimate of drug-likeness (QED) is 0.688. The Bertz CT molecular complexity index is 516. The largest absolute Gasteiger partial charge is 0.398 e. The summed E-state index contributed by atoms with van der Waals surface area (Å²) in [6.07, 6.45) is 2.45. The molecule has 5 nitrogen and oxygen atoms in total. The highest BCUT2D eigenvalue weighted by Crippen LogP contribution is 2.27. The Morgan fingerprint density at radius 3 is 2.75 bits per heavy atom. The molecule has 1 aromatic carbocycles. The van der Waals surface area contributed by atoms with Crippen molar-refractivity contribution in [3.8, 4) is 0 Å². The van der Waals surface area contributed by atoms with Crippen LogP contribution in [0.15, 0.2) is 12.1 Å². The smallest absolute Gasteiger partial charge is 0.250 e. The molecular weight excluding hydrogens is 259 g/mol. The van der Waals surface area contributed by atoms with E-state index in [9.17, 15) is 9.18 Å². The van der Waals surface area contributed by atoms with Gasteiger partial charge in [-0.15, -0.1) is 0 Å². The minimum Gasteiger partial charge on any atom is -0.398 e. The number of amides is 1. The summed E-state index contributed by atoms with van der Waals surface area (Å²) in [6, 6.07) is 3.41. The normalized spacial score (nSPS) is 16.2. The van der Waals surface area contributed by atoms with Crippen LogP contribution in [0.5, 0.6) is 0 Å². The number of carbonyl (C=O) groups is 1. The number of rotatable bonds is 6. The molecule has 0 aromatic heterocycles. The van der Waals surface area contributed by atoms with Crippen molar-refractivity contribution in [2.45, 2.75) is 31.8 Å². The van der Waals surface area contributed by atoms with Crippen molar-refractivity contribution in [3.05, 3.63) is 23.5 Å². The molecule has 1 aliphatic carbocycles. The number of carbonyl (C=O) groups excluding carboxylic acids is 1. The Morgan fingerprint density at radius 1 is 1.55 bits per heavy atom. The van der Waals surface area contributed by atoms with Gasteiger partial charge in [0.1, 0.15) is 5.82 Å². The van der Waals surface area contributed by atoms with Gasteiger partial charge < -0.3 is 16.8 Å². The molecule has 0 spiro atoms. The first-order valence-electron chi connectivity index (χ1n) is 6.74. The maximum Gasteiger partial charge on any atom is 0.250 e. The van der Waals surface area contributed by atoms with Crippen molar-refractivity contribution in [3.63, 3.8) is 0 Å². The molecule has 0 saturated heterocycles. The molecule has 5 N–H and O–H groups in total. The number of nitrogens with two attached hydrogens (primary N) is 2. The number of nitrogens with zero attached hydrogens (tertiary/aromatic N) is 1. The Balaban J connectivity index is 2.04. The second-order valence-corrected chi connectivity index (χ2v) is 5.41. The summed E-state index contributed by atoms with van der Waals surface area (Å²) < 4.78 is 13.8. The van der Waals surface area contributed by atoms with Gasteiger partial charge in [0.25, 0.3) is 5.91 Å². The van der Waals surface area contributed by atoms with E-state index in [4.69, 9.17) is 11.5 Å². The number of nitrogens with one attached hydrogen (secondary N) is 1. The van der Waals surface area contributed by atoms with Crippen LogP contribution in [0.1, 0.15) is 30.1 Å². The molecule has 0 bridgehead atoms. The van der Waals surface area contributed by atoms with Crippen LogP contribution in [-0.4, -0.2) is 36.5 Å². The maximum atomic E-state index is 13.8. The van der Waals surface area contributed by atoms with Crippen LogP contribution in [0, 0.1) is 5.82 Å². The van der Waals surface area contributed by atoms with E-state index in [-0.39, 0.29) is 23.0 Å². The molecule has 1 saturated carbocycles. The van der Waals surface area contributed by atoms with Crippen LogP contribution in [-0.2, 0) is 0 Å². The summed E-state index contributed by atoms with van der Waals surface area (Å²) in [6.45, 7) is 2.67. The fourth-order valence-corrected chi connectivity index (χ4v) is 2.18. The number of hydrogen-bond acceptors (Lipinski definition) is 4. The molecule has 6 heteroatoms. The molecule has 0 aliphatic heterocycles. The molecule has 2 rings (SSSR count). The molecule has 1 aliphatic rings. The SMILES string of the molecule is CC(CNc1cc(C(N)=O)c(N)cc1F)N(C)C1CC1. The van der Waals surface area contributed by atoms with Crippen molar-refractivity contribution in [1.82, 2.24) is 4.90 Å². The van der Waals surface area contributed by atoms with Crippen molar-refractivity contribution < 1.29 is 9.18 Å². The van der Waals surface area contributed by atoms with E-state index in [1.165, 1.54) is 18.9 Å². The maximum absolute atomic E-state index is 13.8. The second kappa shape index (κ2) is 5.66. The zero-order valence-corrected chi connectivity index (χ0v) is 11.8. The Morgan fingerprint density at radius 2 is 2.20 bits per heavy atom. The highest BCUT2D eigenvalue weighted by atomic mass is 19.1. The van der Waals surface area contributed by atoms with Gasteiger partial charge in [0, 0.05) is 24.3 Å². The molecular formula is C14H21FN4O. The second-order valence-electron chi connectivity index (χ2n) is 5.41. The average Bonchev–Trinajstić information content (AvgIpc) is 3.20. The molecule has 1 fully saturated rings. The lowest BCUT2D eigenvalue weighted by Crippen LogP contribution is -2.36.